The van der Waals surface area contributed by atoms with E-state index in [-0.39, 0.29) is 23.9 Å². The van der Waals surface area contributed by atoms with Crippen LogP contribution in [0.3, 0.4) is 0 Å². The Balaban J connectivity index is 2.77. The molecule has 0 aliphatic heterocycles. The van der Waals surface area contributed by atoms with E-state index in [4.69, 9.17) is 4.74 Å². The van der Waals surface area contributed by atoms with Gasteiger partial charge in [0.05, 0.1) is 18.5 Å². The van der Waals surface area contributed by atoms with Crippen molar-refractivity contribution in [1.82, 2.24) is 5.32 Å². The number of benzene rings is 1. The van der Waals surface area contributed by atoms with Crippen LogP contribution in [-0.2, 0) is 20.7 Å². The topological polar surface area (TPSA) is 98.5 Å². The maximum atomic E-state index is 12.1. The quantitative estimate of drug-likeness (QED) is 0.471. The second kappa shape index (κ2) is 8.11. The lowest BCUT2D eigenvalue weighted by molar-refractivity contribution is -0.384. The van der Waals surface area contributed by atoms with Gasteiger partial charge in [-0.2, -0.15) is 0 Å². The monoisotopic (exact) mass is 308 g/mol. The van der Waals surface area contributed by atoms with Crippen molar-refractivity contribution in [1.29, 1.82) is 0 Å². The van der Waals surface area contributed by atoms with Crippen LogP contribution in [0.25, 0.3) is 0 Å². The summed E-state index contributed by atoms with van der Waals surface area (Å²) in [5.74, 6) is -0.945. The van der Waals surface area contributed by atoms with Crippen LogP contribution in [0.4, 0.5) is 5.69 Å². The van der Waals surface area contributed by atoms with E-state index >= 15 is 0 Å². The lowest BCUT2D eigenvalue weighted by atomic mass is 9.99. The summed E-state index contributed by atoms with van der Waals surface area (Å²) in [6.45, 7) is 3.75. The van der Waals surface area contributed by atoms with Gasteiger partial charge in [-0.15, -0.1) is 0 Å². The van der Waals surface area contributed by atoms with Gasteiger partial charge in [-0.1, -0.05) is 32.4 Å². The minimum Gasteiger partial charge on any atom is -0.467 e. The first-order chi connectivity index (χ1) is 10.4. The summed E-state index contributed by atoms with van der Waals surface area (Å²) in [5.41, 5.74) is 0.441. The van der Waals surface area contributed by atoms with E-state index in [9.17, 15) is 19.7 Å². The number of nitro groups is 1. The zero-order valence-electron chi connectivity index (χ0n) is 12.9. The molecule has 2 atom stereocenters. The molecule has 0 unspecified atom stereocenters. The fourth-order valence-corrected chi connectivity index (χ4v) is 1.99. The molecule has 1 amide bonds. The molecule has 1 N–H and O–H groups in total. The van der Waals surface area contributed by atoms with Crippen LogP contribution in [0.1, 0.15) is 25.8 Å². The van der Waals surface area contributed by atoms with Crippen molar-refractivity contribution in [2.45, 2.75) is 32.7 Å². The highest BCUT2D eigenvalue weighted by molar-refractivity contribution is 5.85. The third-order valence-electron chi connectivity index (χ3n) is 3.47. The van der Waals surface area contributed by atoms with Crippen LogP contribution in [0.2, 0.25) is 0 Å². The molecule has 0 bridgehead atoms. The average molecular weight is 308 g/mol. The minimum absolute atomic E-state index is 0.0361. The summed E-state index contributed by atoms with van der Waals surface area (Å²) < 4.78 is 4.69. The molecule has 1 aromatic carbocycles. The molecule has 120 valence electrons. The van der Waals surface area contributed by atoms with Gasteiger partial charge in [0.25, 0.3) is 5.69 Å². The molecule has 7 nitrogen and oxygen atoms in total. The number of non-ortho nitro benzene ring substituents is 1. The molecule has 0 heterocycles. The van der Waals surface area contributed by atoms with Crippen molar-refractivity contribution in [3.63, 3.8) is 0 Å². The third kappa shape index (κ3) is 4.83. The molecule has 0 saturated carbocycles. The molecule has 0 saturated heterocycles. The highest BCUT2D eigenvalue weighted by Crippen LogP contribution is 2.14. The maximum Gasteiger partial charge on any atom is 0.328 e. The van der Waals surface area contributed by atoms with Crippen molar-refractivity contribution in [3.05, 3.63) is 39.9 Å². The fraction of sp³-hybridized carbons (Fsp3) is 0.467. The SMILES string of the molecule is CC[C@@H](C)[C@H](NC(=O)Cc1cccc([N+](=O)[O-])c1)C(=O)OC. The molecule has 1 aromatic rings. The molecule has 0 aliphatic carbocycles. The predicted molar refractivity (Wildman–Crippen MR) is 80.2 cm³/mol. The molecule has 0 radical (unpaired) electrons. The Morgan fingerprint density at radius 1 is 1.41 bits per heavy atom. The third-order valence-corrected chi connectivity index (χ3v) is 3.47. The first-order valence-electron chi connectivity index (χ1n) is 6.99. The van der Waals surface area contributed by atoms with E-state index in [1.807, 2.05) is 13.8 Å². The van der Waals surface area contributed by atoms with E-state index < -0.39 is 16.9 Å². The van der Waals surface area contributed by atoms with Crippen LogP contribution >= 0.6 is 0 Å². The fourth-order valence-electron chi connectivity index (χ4n) is 1.99. The maximum absolute atomic E-state index is 12.1. The predicted octanol–water partition coefficient (Wildman–Crippen LogP) is 1.84. The van der Waals surface area contributed by atoms with Crippen molar-refractivity contribution in [2.24, 2.45) is 5.92 Å². The molecular formula is C15H20N2O5. The zero-order valence-corrected chi connectivity index (χ0v) is 12.9. The highest BCUT2D eigenvalue weighted by atomic mass is 16.6. The first kappa shape index (κ1) is 17.6. The Kier molecular flexibility index (Phi) is 6.49. The number of ether oxygens (including phenoxy) is 1. The second-order valence-electron chi connectivity index (χ2n) is 5.06. The van der Waals surface area contributed by atoms with E-state index in [1.54, 1.807) is 6.07 Å². The number of esters is 1. The lowest BCUT2D eigenvalue weighted by Gasteiger charge is -2.21. The van der Waals surface area contributed by atoms with Gasteiger partial charge in [0.1, 0.15) is 6.04 Å². The number of nitrogens with zero attached hydrogens (tertiary/aromatic N) is 1. The number of hydrogen-bond acceptors (Lipinski definition) is 5. The van der Waals surface area contributed by atoms with Gasteiger partial charge in [0.15, 0.2) is 0 Å². The summed E-state index contributed by atoms with van der Waals surface area (Å²) in [5, 5.41) is 13.3. The van der Waals surface area contributed by atoms with Gasteiger partial charge in [0, 0.05) is 12.1 Å². The second-order valence-corrected chi connectivity index (χ2v) is 5.06. The van der Waals surface area contributed by atoms with Crippen LogP contribution in [0, 0.1) is 16.0 Å². The molecular weight excluding hydrogens is 288 g/mol. The van der Waals surface area contributed by atoms with Gasteiger partial charge in [-0.3, -0.25) is 14.9 Å². The first-order valence-corrected chi connectivity index (χ1v) is 6.99. The molecule has 1 rings (SSSR count). The van der Waals surface area contributed by atoms with E-state index in [0.717, 1.165) is 0 Å². The van der Waals surface area contributed by atoms with E-state index in [1.165, 1.54) is 25.3 Å². The minimum atomic E-state index is -0.721. The standard InChI is InChI=1S/C15H20N2O5/c1-4-10(2)14(15(19)22-3)16-13(18)9-11-6-5-7-12(8-11)17(20)21/h5-8,10,14H,4,9H2,1-3H3,(H,16,18)/t10-,14+/m1/s1. The van der Waals surface area contributed by atoms with Gasteiger partial charge in [0.2, 0.25) is 5.91 Å². The number of nitrogens with one attached hydrogen (secondary N) is 1. The van der Waals surface area contributed by atoms with E-state index in [2.05, 4.69) is 5.32 Å². The lowest BCUT2D eigenvalue weighted by Crippen LogP contribution is -2.46. The highest BCUT2D eigenvalue weighted by Gasteiger charge is 2.26. The molecule has 7 heteroatoms. The van der Waals surface area contributed by atoms with Crippen molar-refractivity contribution in [2.75, 3.05) is 7.11 Å². The molecule has 0 aromatic heterocycles. The summed E-state index contributed by atoms with van der Waals surface area (Å²) in [6.07, 6.45) is 0.669. The van der Waals surface area contributed by atoms with Crippen molar-refractivity contribution >= 4 is 17.6 Å². The normalized spacial score (nSPS) is 13.0. The van der Waals surface area contributed by atoms with Gasteiger partial charge < -0.3 is 10.1 Å². The number of hydrogen-bond donors (Lipinski definition) is 1. The van der Waals surface area contributed by atoms with Gasteiger partial charge >= 0.3 is 5.97 Å². The number of amides is 1. The van der Waals surface area contributed by atoms with E-state index in [0.29, 0.717) is 12.0 Å². The number of carbonyl (C=O) groups excluding carboxylic acids is 2. The summed E-state index contributed by atoms with van der Waals surface area (Å²) in [7, 11) is 1.27. The molecule has 22 heavy (non-hydrogen) atoms. The molecule has 0 aliphatic rings. The Hall–Kier alpha value is -2.44. The zero-order chi connectivity index (χ0) is 16.7. The van der Waals surface area contributed by atoms with Crippen LogP contribution in [0.5, 0.6) is 0 Å². The summed E-state index contributed by atoms with van der Waals surface area (Å²) >= 11 is 0. The van der Waals surface area contributed by atoms with Gasteiger partial charge in [-0.25, -0.2) is 4.79 Å². The molecule has 0 fully saturated rings. The van der Waals surface area contributed by atoms with Crippen molar-refractivity contribution in [3.8, 4) is 0 Å². The number of rotatable bonds is 7. The summed E-state index contributed by atoms with van der Waals surface area (Å²) in [6, 6.07) is 5.13. The number of nitro benzene ring substituents is 1. The average Bonchev–Trinajstić information content (AvgIpc) is 2.51. The van der Waals surface area contributed by atoms with Crippen molar-refractivity contribution < 1.29 is 19.2 Å². The Bertz CT molecular complexity index is 559. The largest absolute Gasteiger partial charge is 0.467 e. The number of methoxy groups -OCH3 is 1. The van der Waals surface area contributed by atoms with Crippen LogP contribution in [-0.4, -0.2) is 30.0 Å². The van der Waals surface area contributed by atoms with Gasteiger partial charge in [-0.05, 0) is 11.5 Å². The Labute approximate surface area is 128 Å². The Morgan fingerprint density at radius 3 is 2.64 bits per heavy atom. The Morgan fingerprint density at radius 2 is 2.09 bits per heavy atom. The molecule has 0 spiro atoms. The van der Waals surface area contributed by atoms with Crippen LogP contribution in [0.15, 0.2) is 24.3 Å². The number of carbonyl (C=O) groups is 2. The summed E-state index contributed by atoms with van der Waals surface area (Å²) in [4.78, 5) is 34.0. The smallest absolute Gasteiger partial charge is 0.328 e. The van der Waals surface area contributed by atoms with Crippen LogP contribution < -0.4 is 5.32 Å².